The van der Waals surface area contributed by atoms with Gasteiger partial charge in [0.1, 0.15) is 11.6 Å². The summed E-state index contributed by atoms with van der Waals surface area (Å²) in [4.78, 5) is 25.9. The molecule has 7 nitrogen and oxygen atoms in total. The average molecular weight is 391 g/mol. The van der Waals surface area contributed by atoms with Gasteiger partial charge >= 0.3 is 0 Å². The molecular weight excluding hydrogens is 373 g/mol. The third-order valence-corrected chi connectivity index (χ3v) is 5.34. The number of nitrogens with zero attached hydrogens (tertiary/aromatic N) is 4. The van der Waals surface area contributed by atoms with Crippen molar-refractivity contribution in [2.24, 2.45) is 0 Å². The SMILES string of the molecule is Cc1noc(C)c1-c1ccc2nc([C@@H]3CCC(=O)N3c3ccc(F)nc3)[nH]c2c1. The third-order valence-electron chi connectivity index (χ3n) is 5.34. The summed E-state index contributed by atoms with van der Waals surface area (Å²) in [6.07, 6.45) is 2.42. The monoisotopic (exact) mass is 391 g/mol. The van der Waals surface area contributed by atoms with Gasteiger partial charge in [-0.05, 0) is 50.1 Å². The minimum absolute atomic E-state index is 0.0275. The summed E-state index contributed by atoms with van der Waals surface area (Å²) in [5.41, 5.74) is 5.04. The van der Waals surface area contributed by atoms with Crippen molar-refractivity contribution in [3.63, 3.8) is 0 Å². The standard InChI is InChI=1S/C21H18FN5O2/c1-11-20(12(2)29-26-11)13-3-5-15-16(9-13)25-21(24-15)17-6-8-19(28)27(17)14-4-7-18(22)23-10-14/h3-5,7,9-10,17H,6,8H2,1-2H3,(H,24,25)/t17-/m0/s1. The molecule has 29 heavy (non-hydrogen) atoms. The van der Waals surface area contributed by atoms with Crippen molar-refractivity contribution < 1.29 is 13.7 Å². The first kappa shape index (κ1) is 17.5. The van der Waals surface area contributed by atoms with E-state index >= 15 is 0 Å². The van der Waals surface area contributed by atoms with Crippen molar-refractivity contribution >= 4 is 22.6 Å². The van der Waals surface area contributed by atoms with E-state index in [2.05, 4.69) is 15.1 Å². The van der Waals surface area contributed by atoms with Crippen molar-refractivity contribution in [1.82, 2.24) is 20.1 Å². The summed E-state index contributed by atoms with van der Waals surface area (Å²) in [5.74, 6) is 0.858. The Labute approximate surface area is 165 Å². The fourth-order valence-corrected chi connectivity index (χ4v) is 4.01. The second-order valence-corrected chi connectivity index (χ2v) is 7.21. The van der Waals surface area contributed by atoms with Crippen LogP contribution in [0.5, 0.6) is 0 Å². The van der Waals surface area contributed by atoms with E-state index in [0.717, 1.165) is 33.6 Å². The van der Waals surface area contributed by atoms with Crippen LogP contribution in [-0.4, -0.2) is 26.0 Å². The fourth-order valence-electron chi connectivity index (χ4n) is 4.01. The van der Waals surface area contributed by atoms with Crippen LogP contribution in [0.25, 0.3) is 22.2 Å². The van der Waals surface area contributed by atoms with Crippen LogP contribution in [0.2, 0.25) is 0 Å². The highest BCUT2D eigenvalue weighted by molar-refractivity contribution is 5.96. The van der Waals surface area contributed by atoms with E-state index in [9.17, 15) is 9.18 Å². The number of anilines is 1. The summed E-state index contributed by atoms with van der Waals surface area (Å²) >= 11 is 0. The molecule has 1 fully saturated rings. The quantitative estimate of drug-likeness (QED) is 0.528. The Bertz CT molecular complexity index is 1210. The Morgan fingerprint density at radius 2 is 2.10 bits per heavy atom. The highest BCUT2D eigenvalue weighted by Crippen LogP contribution is 2.37. The number of aromatic nitrogens is 4. The van der Waals surface area contributed by atoms with E-state index in [-0.39, 0.29) is 11.9 Å². The molecule has 0 spiro atoms. The number of benzene rings is 1. The molecule has 1 saturated heterocycles. The topological polar surface area (TPSA) is 87.9 Å². The fraction of sp³-hybridized carbons (Fsp3) is 0.238. The molecule has 1 aliphatic rings. The molecule has 0 radical (unpaired) electrons. The molecule has 4 heterocycles. The lowest BCUT2D eigenvalue weighted by Crippen LogP contribution is -2.28. The number of rotatable bonds is 3. The van der Waals surface area contributed by atoms with Gasteiger partial charge in [0.25, 0.3) is 0 Å². The molecule has 8 heteroatoms. The van der Waals surface area contributed by atoms with E-state index in [1.807, 2.05) is 32.0 Å². The number of imidazole rings is 1. The maximum absolute atomic E-state index is 13.2. The summed E-state index contributed by atoms with van der Waals surface area (Å²) in [7, 11) is 0. The van der Waals surface area contributed by atoms with Crippen molar-refractivity contribution in [2.75, 3.05) is 4.90 Å². The molecule has 1 aromatic carbocycles. The van der Waals surface area contributed by atoms with Gasteiger partial charge in [-0.15, -0.1) is 0 Å². The van der Waals surface area contributed by atoms with Gasteiger partial charge in [-0.2, -0.15) is 4.39 Å². The average Bonchev–Trinajstić information content (AvgIpc) is 3.39. The largest absolute Gasteiger partial charge is 0.361 e. The zero-order valence-corrected chi connectivity index (χ0v) is 15.9. The van der Waals surface area contributed by atoms with Crippen LogP contribution in [0.4, 0.5) is 10.1 Å². The zero-order chi connectivity index (χ0) is 20.1. The highest BCUT2D eigenvalue weighted by atomic mass is 19.1. The number of carbonyl (C=O) groups is 1. The Balaban J connectivity index is 1.54. The molecule has 3 aromatic heterocycles. The van der Waals surface area contributed by atoms with Gasteiger partial charge < -0.3 is 14.4 Å². The Kier molecular flexibility index (Phi) is 3.94. The number of fused-ring (bicyclic) bond motifs is 1. The molecule has 1 aliphatic heterocycles. The second-order valence-electron chi connectivity index (χ2n) is 7.21. The maximum atomic E-state index is 13.2. The number of amides is 1. The molecule has 1 amide bonds. The third kappa shape index (κ3) is 2.88. The molecule has 0 aliphatic carbocycles. The smallest absolute Gasteiger partial charge is 0.227 e. The first-order chi connectivity index (χ1) is 14.0. The van der Waals surface area contributed by atoms with Crippen LogP contribution < -0.4 is 4.90 Å². The summed E-state index contributed by atoms with van der Waals surface area (Å²) in [6, 6.07) is 8.52. The first-order valence-electron chi connectivity index (χ1n) is 9.38. The second kappa shape index (κ2) is 6.51. The van der Waals surface area contributed by atoms with Crippen LogP contribution in [0, 0.1) is 19.8 Å². The van der Waals surface area contributed by atoms with E-state index in [0.29, 0.717) is 24.4 Å². The number of aromatic amines is 1. The molecule has 0 unspecified atom stereocenters. The lowest BCUT2D eigenvalue weighted by atomic mass is 10.0. The van der Waals surface area contributed by atoms with Gasteiger partial charge in [0.2, 0.25) is 11.9 Å². The molecule has 4 aromatic rings. The minimum Gasteiger partial charge on any atom is -0.361 e. The van der Waals surface area contributed by atoms with Crippen molar-refractivity contribution in [1.29, 1.82) is 0 Å². The molecule has 1 atom stereocenters. The van der Waals surface area contributed by atoms with Gasteiger partial charge in [0.05, 0.1) is 34.7 Å². The van der Waals surface area contributed by atoms with Crippen LogP contribution in [0.15, 0.2) is 41.1 Å². The number of H-pyrrole nitrogens is 1. The Morgan fingerprint density at radius 1 is 1.24 bits per heavy atom. The van der Waals surface area contributed by atoms with E-state index < -0.39 is 5.95 Å². The number of carbonyl (C=O) groups excluding carboxylic acids is 1. The number of halogens is 1. The van der Waals surface area contributed by atoms with Crippen molar-refractivity contribution in [3.8, 4) is 11.1 Å². The van der Waals surface area contributed by atoms with Crippen molar-refractivity contribution in [3.05, 3.63) is 59.8 Å². The van der Waals surface area contributed by atoms with E-state index in [1.165, 1.54) is 12.3 Å². The highest BCUT2D eigenvalue weighted by Gasteiger charge is 2.35. The normalized spacial score (nSPS) is 16.9. The predicted molar refractivity (Wildman–Crippen MR) is 105 cm³/mol. The molecular formula is C21H18FN5O2. The van der Waals surface area contributed by atoms with Gasteiger partial charge in [0, 0.05) is 12.0 Å². The molecule has 0 bridgehead atoms. The summed E-state index contributed by atoms with van der Waals surface area (Å²) in [6.45, 7) is 3.80. The van der Waals surface area contributed by atoms with E-state index in [4.69, 9.17) is 9.51 Å². The predicted octanol–water partition coefficient (Wildman–Crippen LogP) is 4.24. The van der Waals surface area contributed by atoms with Crippen LogP contribution >= 0.6 is 0 Å². The Hall–Kier alpha value is -3.55. The summed E-state index contributed by atoms with van der Waals surface area (Å²) in [5, 5.41) is 4.02. The van der Waals surface area contributed by atoms with Gasteiger partial charge in [-0.25, -0.2) is 9.97 Å². The lowest BCUT2D eigenvalue weighted by Gasteiger charge is -2.22. The number of hydrogen-bond donors (Lipinski definition) is 1. The van der Waals surface area contributed by atoms with Crippen LogP contribution in [0.3, 0.4) is 0 Å². The number of hydrogen-bond acceptors (Lipinski definition) is 5. The first-order valence-corrected chi connectivity index (χ1v) is 9.38. The molecule has 0 saturated carbocycles. The maximum Gasteiger partial charge on any atom is 0.227 e. The van der Waals surface area contributed by atoms with Gasteiger partial charge in [-0.3, -0.25) is 4.79 Å². The molecule has 1 N–H and O–H groups in total. The number of nitrogens with one attached hydrogen (secondary N) is 1. The van der Waals surface area contributed by atoms with Crippen molar-refractivity contribution in [2.45, 2.75) is 32.7 Å². The van der Waals surface area contributed by atoms with E-state index in [1.54, 1.807) is 11.0 Å². The molecule has 5 rings (SSSR count). The van der Waals surface area contributed by atoms with Crippen LogP contribution in [0.1, 0.15) is 36.2 Å². The summed E-state index contributed by atoms with van der Waals surface area (Å²) < 4.78 is 18.5. The number of aryl methyl sites for hydroxylation is 2. The van der Waals surface area contributed by atoms with Gasteiger partial charge in [0.15, 0.2) is 0 Å². The molecule has 146 valence electrons. The lowest BCUT2D eigenvalue weighted by molar-refractivity contribution is -0.117. The number of pyridine rings is 1. The zero-order valence-electron chi connectivity index (χ0n) is 15.9. The minimum atomic E-state index is -0.576. The van der Waals surface area contributed by atoms with Gasteiger partial charge in [-0.1, -0.05) is 11.2 Å². The Morgan fingerprint density at radius 3 is 2.83 bits per heavy atom. The van der Waals surface area contributed by atoms with Crippen LogP contribution in [-0.2, 0) is 4.79 Å².